The molecule has 0 rings (SSSR count). The van der Waals surface area contributed by atoms with Gasteiger partial charge >= 0.3 is 0 Å². The highest BCUT2D eigenvalue weighted by molar-refractivity contribution is 5.26. The molecule has 10 atom stereocenters. The second-order valence-corrected chi connectivity index (χ2v) is 33.4. The summed E-state index contributed by atoms with van der Waals surface area (Å²) in [6.45, 7) is 62.9. The highest BCUT2D eigenvalue weighted by Gasteiger charge is 2.37. The SMILES string of the molecule is CC(C)(O)C#CC(C)(C)O.CC(C)C(O)(C#CC(O)(C(C)C)C(C)C)C(C)C.CC(C)CC(C)(O)C#CC(C)(O)CC(C)C.CC(O)C#CC(C)O.CCC(C)(O)C#CC(C)(O)CC.CCC(O)(C#CC(O)(CC)CC)CC.CCCC(C)(O)C#CC(C)(O)CCC.CCCCCC(O)C#CC(O)CCCCC. The second-order valence-electron chi connectivity index (χ2n) is 33.4. The highest BCUT2D eigenvalue weighted by Crippen LogP contribution is 2.30. The van der Waals surface area contributed by atoms with E-state index in [1.165, 1.54) is 0 Å². The Kier molecular flexibility index (Phi) is 65.9. The fraction of sp³-hybridized carbons (Fsp3) is 0.826. The first-order valence-electron chi connectivity index (χ1n) is 40.3. The van der Waals surface area contributed by atoms with Crippen LogP contribution in [-0.4, -0.2) is 173 Å². The number of rotatable bonds is 26. The first kappa shape index (κ1) is 120. The third kappa shape index (κ3) is 74.6. The maximum Gasteiger partial charge on any atom is 0.130 e. The van der Waals surface area contributed by atoms with Crippen LogP contribution in [0.5, 0.6) is 0 Å². The van der Waals surface area contributed by atoms with Crippen LogP contribution in [0.2, 0.25) is 0 Å². The molecule has 16 nitrogen and oxygen atoms in total. The molecule has 0 aromatic carbocycles. The van der Waals surface area contributed by atoms with Gasteiger partial charge in [0.15, 0.2) is 0 Å². The predicted molar refractivity (Wildman–Crippen MR) is 452 cm³/mol. The van der Waals surface area contributed by atoms with E-state index < -0.39 is 91.6 Å². The molecule has 0 radical (unpaired) electrons. The molecule has 0 fully saturated rings. The average molecular weight is 1530 g/mol. The quantitative estimate of drug-likeness (QED) is 0.0283. The zero-order valence-electron chi connectivity index (χ0n) is 75.1. The van der Waals surface area contributed by atoms with E-state index in [1.54, 1.807) is 83.1 Å². The van der Waals surface area contributed by atoms with E-state index in [4.69, 9.17) is 20.4 Å². The molecular formula is C92H168O16. The van der Waals surface area contributed by atoms with E-state index in [0.29, 0.717) is 76.0 Å². The standard InChI is InChI=1S/C16H30O2.2C14H26O2.2C12H22O2.C10H18O2.C8H14O2.C6H10O2/c1-11(2)15(17,12(3)4)9-10-16(18,13(5)6)14(7)8;1-11(2)9-13(5,15)7-8-14(6,16)10-12(3)4;1-3-5-7-9-13(15)11-12-14(16)10-8-6-4-2;1-5-7-11(3,13)9-10-12(4,14)8-6-2;1-5-11(13,6-2)9-10-12(14,7-3)8-4;1-5-9(3,11)7-8-10(4,12)6-2;1-7(2,9)5-6-8(3,4)10;1-5(7)3-4-6(2)8/h11-14,17-18H,1-8H3;11-12,15-16H,9-10H2,1-6H3;13-16H,3-10H2,1-2H3;2*13-14H,5-8H2,1-4H3;11-12H,5-6H2,1-4H3;9-10H,1-4H3;5-8H,1-2H3. The summed E-state index contributed by atoms with van der Waals surface area (Å²) >= 11 is 0. The molecule has 632 valence electrons. The third-order valence-corrected chi connectivity index (χ3v) is 16.9. The van der Waals surface area contributed by atoms with Gasteiger partial charge in [-0.3, -0.25) is 0 Å². The van der Waals surface area contributed by atoms with Gasteiger partial charge in [0.25, 0.3) is 0 Å². The van der Waals surface area contributed by atoms with Crippen LogP contribution in [0.1, 0.15) is 364 Å². The minimum absolute atomic E-state index is 0.0357. The molecule has 0 bridgehead atoms. The van der Waals surface area contributed by atoms with Crippen LogP contribution < -0.4 is 0 Å². The van der Waals surface area contributed by atoms with Crippen molar-refractivity contribution in [3.63, 3.8) is 0 Å². The number of hydrogen-bond acceptors (Lipinski definition) is 16. The Hall–Kier alpha value is -4.16. The molecule has 0 heterocycles. The van der Waals surface area contributed by atoms with Crippen LogP contribution in [0.4, 0.5) is 0 Å². The van der Waals surface area contributed by atoms with Gasteiger partial charge in [-0.05, 0) is 208 Å². The Balaban J connectivity index is -0.000000178. The van der Waals surface area contributed by atoms with Crippen molar-refractivity contribution in [3.05, 3.63) is 0 Å². The van der Waals surface area contributed by atoms with Crippen LogP contribution in [-0.2, 0) is 0 Å². The van der Waals surface area contributed by atoms with Gasteiger partial charge in [0.2, 0.25) is 0 Å². The maximum atomic E-state index is 10.6. The minimum atomic E-state index is -1.04. The largest absolute Gasteiger partial charge is 0.381 e. The molecule has 0 saturated heterocycles. The first-order valence-corrected chi connectivity index (χ1v) is 40.3. The van der Waals surface area contributed by atoms with Gasteiger partial charge in [0, 0.05) is 0 Å². The van der Waals surface area contributed by atoms with Crippen molar-refractivity contribution >= 4 is 0 Å². The Labute approximate surface area is 664 Å². The van der Waals surface area contributed by atoms with E-state index in [1.807, 2.05) is 138 Å². The van der Waals surface area contributed by atoms with Crippen LogP contribution in [0, 0.1) is 130 Å². The third-order valence-electron chi connectivity index (χ3n) is 16.9. The molecule has 16 N–H and O–H groups in total. The Bertz CT molecular complexity index is 2640. The lowest BCUT2D eigenvalue weighted by molar-refractivity contribution is -0.00162. The molecule has 0 aliphatic carbocycles. The molecule has 10 unspecified atom stereocenters. The van der Waals surface area contributed by atoms with Gasteiger partial charge in [0.05, 0.1) is 0 Å². The number of unbranched alkanes of at least 4 members (excludes halogenated alkanes) is 4. The fourth-order valence-electron chi connectivity index (χ4n) is 9.03. The van der Waals surface area contributed by atoms with Crippen molar-refractivity contribution in [3.8, 4) is 94.7 Å². The highest BCUT2D eigenvalue weighted by atomic mass is 16.3. The molecule has 0 aromatic heterocycles. The summed E-state index contributed by atoms with van der Waals surface area (Å²) in [6, 6.07) is 0. The summed E-state index contributed by atoms with van der Waals surface area (Å²) in [6.07, 6.45) is 13.5. The number of aliphatic hydroxyl groups excluding tert-OH is 4. The lowest BCUT2D eigenvalue weighted by Gasteiger charge is -2.34. The van der Waals surface area contributed by atoms with E-state index >= 15 is 0 Å². The molecule has 0 aliphatic rings. The number of hydrogen-bond donors (Lipinski definition) is 16. The zero-order chi connectivity index (χ0) is 87.2. The number of aliphatic hydroxyl groups is 16. The molecule has 0 amide bonds. The molecule has 0 saturated carbocycles. The summed E-state index contributed by atoms with van der Waals surface area (Å²) in [5, 5.41) is 154. The summed E-state index contributed by atoms with van der Waals surface area (Å²) in [5.74, 6) is 44.1. The molecule has 16 heteroatoms. The van der Waals surface area contributed by atoms with E-state index in [2.05, 4.69) is 109 Å². The van der Waals surface area contributed by atoms with Gasteiger partial charge in [-0.15, -0.1) is 0 Å². The van der Waals surface area contributed by atoms with Gasteiger partial charge < -0.3 is 81.7 Å². The normalized spacial score (nSPS) is 15.7. The smallest absolute Gasteiger partial charge is 0.130 e. The van der Waals surface area contributed by atoms with Gasteiger partial charge in [-0.2, -0.15) is 0 Å². The summed E-state index contributed by atoms with van der Waals surface area (Å²) in [7, 11) is 0. The first-order chi connectivity index (χ1) is 48.7. The second kappa shape index (κ2) is 59.5. The predicted octanol–water partition coefficient (Wildman–Crippen LogP) is 14.3. The van der Waals surface area contributed by atoms with Crippen molar-refractivity contribution < 1.29 is 81.7 Å². The minimum Gasteiger partial charge on any atom is -0.381 e. The average Bonchev–Trinajstić information content (AvgIpc) is 0.816. The maximum absolute atomic E-state index is 10.6. The Morgan fingerprint density at radius 1 is 0.250 bits per heavy atom. The molecular weight excluding hydrogens is 1360 g/mol. The lowest BCUT2D eigenvalue weighted by atomic mass is 9.77. The van der Waals surface area contributed by atoms with E-state index in [0.717, 1.165) is 64.2 Å². The van der Waals surface area contributed by atoms with Crippen molar-refractivity contribution in [2.75, 3.05) is 0 Å². The lowest BCUT2D eigenvalue weighted by Crippen LogP contribution is -2.43. The molecule has 108 heavy (non-hydrogen) atoms. The summed E-state index contributed by atoms with van der Waals surface area (Å²) < 4.78 is 0. The summed E-state index contributed by atoms with van der Waals surface area (Å²) in [5.41, 5.74) is -11.9. The van der Waals surface area contributed by atoms with Crippen molar-refractivity contribution in [2.45, 2.75) is 455 Å². The monoisotopic (exact) mass is 1530 g/mol. The van der Waals surface area contributed by atoms with Crippen molar-refractivity contribution in [1.29, 1.82) is 0 Å². The fourth-order valence-corrected chi connectivity index (χ4v) is 9.03. The van der Waals surface area contributed by atoms with Crippen LogP contribution in [0.15, 0.2) is 0 Å². The van der Waals surface area contributed by atoms with Gasteiger partial charge in [-0.1, -0.05) is 286 Å². The summed E-state index contributed by atoms with van der Waals surface area (Å²) in [4.78, 5) is 0. The van der Waals surface area contributed by atoms with Crippen molar-refractivity contribution in [2.24, 2.45) is 35.5 Å². The van der Waals surface area contributed by atoms with E-state index in [-0.39, 0.29) is 23.7 Å². The van der Waals surface area contributed by atoms with E-state index in [9.17, 15) is 61.3 Å². The van der Waals surface area contributed by atoms with Crippen LogP contribution in [0.3, 0.4) is 0 Å². The van der Waals surface area contributed by atoms with Crippen molar-refractivity contribution in [1.82, 2.24) is 0 Å². The Morgan fingerprint density at radius 3 is 0.657 bits per heavy atom. The molecule has 0 aromatic rings. The topological polar surface area (TPSA) is 324 Å². The van der Waals surface area contributed by atoms with Gasteiger partial charge in [-0.25, -0.2) is 0 Å². The van der Waals surface area contributed by atoms with Crippen LogP contribution >= 0.6 is 0 Å². The molecule has 0 spiro atoms. The van der Waals surface area contributed by atoms with Crippen LogP contribution in [0.25, 0.3) is 0 Å². The van der Waals surface area contributed by atoms with Gasteiger partial charge in [0.1, 0.15) is 91.6 Å². The zero-order valence-corrected chi connectivity index (χ0v) is 75.1. The Morgan fingerprint density at radius 2 is 0.481 bits per heavy atom. The molecule has 0 aliphatic heterocycles.